The zero-order valence-electron chi connectivity index (χ0n) is 12.5. The highest BCUT2D eigenvalue weighted by atomic mass is 16.4. The number of hydrogen-bond acceptors (Lipinski definition) is 3. The summed E-state index contributed by atoms with van der Waals surface area (Å²) in [4.78, 5) is 25.4. The van der Waals surface area contributed by atoms with Crippen LogP contribution in [0.4, 0.5) is 0 Å². The van der Waals surface area contributed by atoms with Gasteiger partial charge in [0.05, 0.1) is 11.1 Å². The van der Waals surface area contributed by atoms with Crippen LogP contribution >= 0.6 is 0 Å². The van der Waals surface area contributed by atoms with E-state index in [0.717, 1.165) is 12.1 Å². The van der Waals surface area contributed by atoms with E-state index in [2.05, 4.69) is 5.10 Å². The third kappa shape index (κ3) is 3.15. The molecule has 1 N–H and O–H groups in total. The molecule has 2 rings (SSSR count). The van der Waals surface area contributed by atoms with Crippen molar-refractivity contribution >= 4 is 18.0 Å². The van der Waals surface area contributed by atoms with Gasteiger partial charge in [0.2, 0.25) is 5.91 Å². The van der Waals surface area contributed by atoms with Crippen molar-refractivity contribution in [3.8, 4) is 0 Å². The SMILES string of the molecule is CCC1(C(=O)O)CCCN(C(=O)C=Cc2ccnn2C)C1. The van der Waals surface area contributed by atoms with Crippen LogP contribution in [0.2, 0.25) is 0 Å². The van der Waals surface area contributed by atoms with Crippen molar-refractivity contribution in [1.82, 2.24) is 14.7 Å². The molecular weight excluding hydrogens is 270 g/mol. The van der Waals surface area contributed by atoms with Crippen LogP contribution in [0, 0.1) is 5.41 Å². The first kappa shape index (κ1) is 15.3. The Hall–Kier alpha value is -2.11. The second kappa shape index (κ2) is 6.11. The van der Waals surface area contributed by atoms with Crippen molar-refractivity contribution in [2.45, 2.75) is 26.2 Å². The van der Waals surface area contributed by atoms with Gasteiger partial charge in [0.1, 0.15) is 0 Å². The molecule has 0 saturated carbocycles. The predicted molar refractivity (Wildman–Crippen MR) is 78.4 cm³/mol. The minimum atomic E-state index is -0.807. The van der Waals surface area contributed by atoms with Gasteiger partial charge in [0, 0.05) is 32.4 Å². The zero-order valence-corrected chi connectivity index (χ0v) is 12.5. The number of nitrogens with zero attached hydrogens (tertiary/aromatic N) is 3. The Kier molecular flexibility index (Phi) is 4.45. The summed E-state index contributed by atoms with van der Waals surface area (Å²) in [6.45, 7) is 2.77. The van der Waals surface area contributed by atoms with Crippen molar-refractivity contribution in [2.75, 3.05) is 13.1 Å². The first-order valence-corrected chi connectivity index (χ1v) is 7.17. The molecule has 6 nitrogen and oxygen atoms in total. The average Bonchev–Trinajstić information content (AvgIpc) is 2.89. The van der Waals surface area contributed by atoms with Crippen LogP contribution in [0.5, 0.6) is 0 Å². The summed E-state index contributed by atoms with van der Waals surface area (Å²) in [6, 6.07) is 1.81. The van der Waals surface area contributed by atoms with Crippen molar-refractivity contribution in [1.29, 1.82) is 0 Å². The minimum absolute atomic E-state index is 0.144. The number of carbonyl (C=O) groups is 2. The van der Waals surface area contributed by atoms with Crippen LogP contribution in [0.1, 0.15) is 31.9 Å². The maximum Gasteiger partial charge on any atom is 0.311 e. The first-order valence-electron chi connectivity index (χ1n) is 7.17. The van der Waals surface area contributed by atoms with Gasteiger partial charge >= 0.3 is 5.97 Å². The normalized spacial score (nSPS) is 22.7. The molecule has 0 aromatic carbocycles. The molecule has 1 amide bonds. The largest absolute Gasteiger partial charge is 0.481 e. The van der Waals surface area contributed by atoms with Gasteiger partial charge in [-0.15, -0.1) is 0 Å². The third-order valence-electron chi connectivity index (χ3n) is 4.27. The second-order valence-electron chi connectivity index (χ2n) is 5.52. The molecule has 0 radical (unpaired) electrons. The van der Waals surface area contributed by atoms with E-state index in [4.69, 9.17) is 0 Å². The molecule has 0 bridgehead atoms. The van der Waals surface area contributed by atoms with E-state index in [9.17, 15) is 14.7 Å². The number of aromatic nitrogens is 2. The Morgan fingerprint density at radius 3 is 2.86 bits per heavy atom. The van der Waals surface area contributed by atoms with Crippen molar-refractivity contribution in [3.05, 3.63) is 24.0 Å². The van der Waals surface area contributed by atoms with Gasteiger partial charge in [-0.1, -0.05) is 6.92 Å². The van der Waals surface area contributed by atoms with Crippen LogP contribution in [-0.4, -0.2) is 44.8 Å². The zero-order chi connectivity index (χ0) is 15.5. The van der Waals surface area contributed by atoms with Crippen LogP contribution in [0.3, 0.4) is 0 Å². The van der Waals surface area contributed by atoms with Crippen molar-refractivity contribution in [3.63, 3.8) is 0 Å². The molecule has 0 spiro atoms. The van der Waals surface area contributed by atoms with Crippen LogP contribution in [-0.2, 0) is 16.6 Å². The summed E-state index contributed by atoms with van der Waals surface area (Å²) in [5, 5.41) is 13.5. The highest BCUT2D eigenvalue weighted by Gasteiger charge is 2.41. The van der Waals surface area contributed by atoms with Crippen LogP contribution in [0.25, 0.3) is 6.08 Å². The molecule has 2 heterocycles. The maximum absolute atomic E-state index is 12.2. The van der Waals surface area contributed by atoms with Crippen molar-refractivity contribution in [2.24, 2.45) is 12.5 Å². The summed E-state index contributed by atoms with van der Waals surface area (Å²) in [5.41, 5.74) is 0.0363. The molecule has 0 aliphatic carbocycles. The van der Waals surface area contributed by atoms with E-state index in [-0.39, 0.29) is 12.5 Å². The molecule has 1 aliphatic heterocycles. The molecule has 1 aromatic heterocycles. The maximum atomic E-state index is 12.2. The van der Waals surface area contributed by atoms with Crippen molar-refractivity contribution < 1.29 is 14.7 Å². The van der Waals surface area contributed by atoms with Gasteiger partial charge in [-0.25, -0.2) is 0 Å². The Morgan fingerprint density at radius 1 is 1.52 bits per heavy atom. The van der Waals surface area contributed by atoms with E-state index in [1.807, 2.05) is 13.0 Å². The molecule has 1 fully saturated rings. The Morgan fingerprint density at radius 2 is 2.29 bits per heavy atom. The fraction of sp³-hybridized carbons (Fsp3) is 0.533. The average molecular weight is 291 g/mol. The number of amides is 1. The van der Waals surface area contributed by atoms with E-state index in [0.29, 0.717) is 19.4 Å². The summed E-state index contributed by atoms with van der Waals surface area (Å²) >= 11 is 0. The first-order chi connectivity index (χ1) is 9.98. The molecule has 1 atom stereocenters. The minimum Gasteiger partial charge on any atom is -0.481 e. The summed E-state index contributed by atoms with van der Waals surface area (Å²) in [7, 11) is 1.80. The van der Waals surface area contributed by atoms with E-state index in [1.165, 1.54) is 6.08 Å². The molecule has 1 unspecified atom stereocenters. The summed E-state index contributed by atoms with van der Waals surface area (Å²) < 4.78 is 1.67. The topological polar surface area (TPSA) is 75.4 Å². The summed E-state index contributed by atoms with van der Waals surface area (Å²) in [6.07, 6.45) is 6.76. The smallest absolute Gasteiger partial charge is 0.311 e. The fourth-order valence-corrected chi connectivity index (χ4v) is 2.74. The monoisotopic (exact) mass is 291 g/mol. The third-order valence-corrected chi connectivity index (χ3v) is 4.27. The fourth-order valence-electron chi connectivity index (χ4n) is 2.74. The number of aryl methyl sites for hydroxylation is 1. The quantitative estimate of drug-likeness (QED) is 0.854. The van der Waals surface area contributed by atoms with Crippen LogP contribution < -0.4 is 0 Å². The molecule has 21 heavy (non-hydrogen) atoms. The van der Waals surface area contributed by atoms with Gasteiger partial charge in [0.25, 0.3) is 0 Å². The van der Waals surface area contributed by atoms with Gasteiger partial charge < -0.3 is 10.0 Å². The highest BCUT2D eigenvalue weighted by molar-refractivity contribution is 5.92. The number of carboxylic acid groups (broad SMARTS) is 1. The van der Waals surface area contributed by atoms with Crippen LogP contribution in [0.15, 0.2) is 18.3 Å². The summed E-state index contributed by atoms with van der Waals surface area (Å²) in [5.74, 6) is -0.951. The van der Waals surface area contributed by atoms with Gasteiger partial charge in [0.15, 0.2) is 0 Å². The van der Waals surface area contributed by atoms with E-state index >= 15 is 0 Å². The molecule has 1 saturated heterocycles. The molecule has 6 heteroatoms. The Labute approximate surface area is 124 Å². The molecule has 1 aromatic rings. The van der Waals surface area contributed by atoms with E-state index < -0.39 is 11.4 Å². The molecular formula is C15H21N3O3. The second-order valence-corrected chi connectivity index (χ2v) is 5.52. The van der Waals surface area contributed by atoms with Gasteiger partial charge in [-0.05, 0) is 31.4 Å². The number of rotatable bonds is 4. The number of carboxylic acids is 1. The number of piperidine rings is 1. The van der Waals surface area contributed by atoms with Gasteiger partial charge in [-0.2, -0.15) is 5.10 Å². The molecule has 1 aliphatic rings. The lowest BCUT2D eigenvalue weighted by molar-refractivity contribution is -0.154. The lowest BCUT2D eigenvalue weighted by Gasteiger charge is -2.39. The highest BCUT2D eigenvalue weighted by Crippen LogP contribution is 2.33. The van der Waals surface area contributed by atoms with E-state index in [1.54, 1.807) is 28.9 Å². The number of hydrogen-bond donors (Lipinski definition) is 1. The Balaban J connectivity index is 2.07. The number of aliphatic carboxylic acids is 1. The lowest BCUT2D eigenvalue weighted by Crippen LogP contribution is -2.49. The standard InChI is InChI=1S/C15H21N3O3/c1-3-15(14(20)21)8-4-10-18(11-15)13(19)6-5-12-7-9-16-17(12)2/h5-7,9H,3-4,8,10-11H2,1-2H3,(H,20,21). The van der Waals surface area contributed by atoms with Gasteiger partial charge in [-0.3, -0.25) is 14.3 Å². The number of likely N-dealkylation sites (tertiary alicyclic amines) is 1. The Bertz CT molecular complexity index is 564. The number of carbonyl (C=O) groups excluding carboxylic acids is 1. The lowest BCUT2D eigenvalue weighted by atomic mass is 9.77. The molecule has 114 valence electrons. The predicted octanol–water partition coefficient (Wildman–Crippen LogP) is 1.54.